The quantitative estimate of drug-likeness (QED) is 0.507. The van der Waals surface area contributed by atoms with Gasteiger partial charge in [0, 0.05) is 11.3 Å². The Balaban J connectivity index is 1.69. The van der Waals surface area contributed by atoms with Crippen LogP contribution < -0.4 is 10.1 Å². The molecule has 0 fully saturated rings. The molecule has 1 heterocycles. The molecule has 3 rings (SSSR count). The first kappa shape index (κ1) is 18.8. The molecule has 0 unspecified atom stereocenters. The fourth-order valence-electron chi connectivity index (χ4n) is 2.39. The highest BCUT2D eigenvalue weighted by molar-refractivity contribution is 7.99. The number of para-hydroxylation sites is 1. The molecule has 0 radical (unpaired) electrons. The number of hydrogen-bond donors (Lipinski definition) is 1. The molecule has 0 spiro atoms. The molecule has 1 aromatic heterocycles. The van der Waals surface area contributed by atoms with Gasteiger partial charge in [0.05, 0.1) is 24.2 Å². The van der Waals surface area contributed by atoms with E-state index in [1.807, 2.05) is 37.3 Å². The molecule has 0 saturated heterocycles. The number of nitrogens with zero attached hydrogens (tertiary/aromatic N) is 2. The lowest BCUT2D eigenvalue weighted by Crippen LogP contribution is -2.15. The topological polar surface area (TPSA) is 64.1 Å². The monoisotopic (exact) mass is 383 g/mol. The highest BCUT2D eigenvalue weighted by Crippen LogP contribution is 2.24. The summed E-state index contributed by atoms with van der Waals surface area (Å²) in [5.41, 5.74) is 2.65. The summed E-state index contributed by atoms with van der Waals surface area (Å²) in [5.74, 6) is 0.0643. The molecule has 7 heteroatoms. The van der Waals surface area contributed by atoms with Crippen LogP contribution in [0.1, 0.15) is 5.69 Å². The molecule has 0 aliphatic rings. The number of amides is 1. The van der Waals surface area contributed by atoms with Gasteiger partial charge < -0.3 is 10.1 Å². The summed E-state index contributed by atoms with van der Waals surface area (Å²) in [6.45, 7) is 1.87. The van der Waals surface area contributed by atoms with Crippen molar-refractivity contribution in [2.45, 2.75) is 12.1 Å². The maximum Gasteiger partial charge on any atom is 0.234 e. The molecule has 1 amide bonds. The van der Waals surface area contributed by atoms with Gasteiger partial charge in [-0.25, -0.2) is 14.4 Å². The minimum atomic E-state index is -0.468. The highest BCUT2D eigenvalue weighted by atomic mass is 32.2. The molecule has 0 atom stereocenters. The number of aryl methyl sites for hydroxylation is 1. The number of anilines is 1. The molecular formula is C20H18FN3O2S. The molecule has 2 aromatic carbocycles. The van der Waals surface area contributed by atoms with Crippen LogP contribution in [0.15, 0.2) is 59.8 Å². The molecule has 1 N–H and O–H groups in total. The maximum absolute atomic E-state index is 13.6. The van der Waals surface area contributed by atoms with E-state index < -0.39 is 5.82 Å². The average molecular weight is 383 g/mol. The van der Waals surface area contributed by atoms with E-state index in [4.69, 9.17) is 4.74 Å². The lowest BCUT2D eigenvalue weighted by molar-refractivity contribution is -0.113. The summed E-state index contributed by atoms with van der Waals surface area (Å²) >= 11 is 1.20. The molecule has 0 saturated carbocycles. The zero-order valence-corrected chi connectivity index (χ0v) is 15.7. The third-order valence-electron chi connectivity index (χ3n) is 3.70. The van der Waals surface area contributed by atoms with Gasteiger partial charge in [0.1, 0.15) is 11.6 Å². The van der Waals surface area contributed by atoms with E-state index in [-0.39, 0.29) is 17.3 Å². The first-order valence-electron chi connectivity index (χ1n) is 8.22. The lowest BCUT2D eigenvalue weighted by Gasteiger charge is -2.08. The first-order valence-corrected chi connectivity index (χ1v) is 9.21. The number of carbonyl (C=O) groups excluding carboxylic acids is 1. The molecule has 0 bridgehead atoms. The summed E-state index contributed by atoms with van der Waals surface area (Å²) < 4.78 is 18.8. The van der Waals surface area contributed by atoms with Crippen molar-refractivity contribution < 1.29 is 13.9 Å². The van der Waals surface area contributed by atoms with Crippen LogP contribution in [0.3, 0.4) is 0 Å². The van der Waals surface area contributed by atoms with Crippen LogP contribution in [0.25, 0.3) is 11.3 Å². The normalized spacial score (nSPS) is 10.5. The largest absolute Gasteiger partial charge is 0.497 e. The van der Waals surface area contributed by atoms with Crippen LogP contribution in [-0.2, 0) is 4.79 Å². The van der Waals surface area contributed by atoms with E-state index in [1.165, 1.54) is 23.9 Å². The van der Waals surface area contributed by atoms with Gasteiger partial charge in [-0.2, -0.15) is 0 Å². The minimum absolute atomic E-state index is 0.0832. The van der Waals surface area contributed by atoms with Gasteiger partial charge in [-0.1, -0.05) is 23.9 Å². The molecule has 27 heavy (non-hydrogen) atoms. The Bertz CT molecular complexity index is 948. The van der Waals surface area contributed by atoms with Crippen LogP contribution in [0.2, 0.25) is 0 Å². The molecule has 5 nitrogen and oxygen atoms in total. The Hall–Kier alpha value is -2.93. The summed E-state index contributed by atoms with van der Waals surface area (Å²) in [5, 5.41) is 3.04. The van der Waals surface area contributed by atoms with Crippen molar-refractivity contribution in [3.8, 4) is 17.0 Å². The van der Waals surface area contributed by atoms with E-state index in [0.29, 0.717) is 5.16 Å². The second-order valence-corrected chi connectivity index (χ2v) is 6.66. The van der Waals surface area contributed by atoms with Gasteiger partial charge in [0.2, 0.25) is 5.91 Å². The smallest absolute Gasteiger partial charge is 0.234 e. The van der Waals surface area contributed by atoms with E-state index >= 15 is 0 Å². The Kier molecular flexibility index (Phi) is 6.03. The van der Waals surface area contributed by atoms with Crippen molar-refractivity contribution in [1.82, 2.24) is 9.97 Å². The predicted molar refractivity (Wildman–Crippen MR) is 105 cm³/mol. The van der Waals surface area contributed by atoms with Gasteiger partial charge in [0.15, 0.2) is 5.16 Å². The zero-order valence-electron chi connectivity index (χ0n) is 14.9. The van der Waals surface area contributed by atoms with Gasteiger partial charge >= 0.3 is 0 Å². The number of aromatic nitrogens is 2. The number of rotatable bonds is 6. The molecule has 0 aliphatic carbocycles. The minimum Gasteiger partial charge on any atom is -0.497 e. The van der Waals surface area contributed by atoms with Crippen molar-refractivity contribution in [2.24, 2.45) is 0 Å². The number of halogens is 1. The highest BCUT2D eigenvalue weighted by Gasteiger charge is 2.10. The van der Waals surface area contributed by atoms with Crippen molar-refractivity contribution >= 4 is 23.4 Å². The molecule has 138 valence electrons. The molecular weight excluding hydrogens is 365 g/mol. The van der Waals surface area contributed by atoms with E-state index in [9.17, 15) is 9.18 Å². The number of nitrogens with one attached hydrogen (secondary N) is 1. The maximum atomic E-state index is 13.6. The second kappa shape index (κ2) is 8.64. The van der Waals surface area contributed by atoms with Gasteiger partial charge in [-0.3, -0.25) is 4.79 Å². The van der Waals surface area contributed by atoms with E-state index in [2.05, 4.69) is 15.3 Å². The fourth-order valence-corrected chi connectivity index (χ4v) is 3.10. The second-order valence-electron chi connectivity index (χ2n) is 5.72. The predicted octanol–water partition coefficient (Wildman–Crippen LogP) is 4.33. The molecule has 0 aliphatic heterocycles. The van der Waals surface area contributed by atoms with Crippen molar-refractivity contribution in [3.05, 3.63) is 66.1 Å². The zero-order chi connectivity index (χ0) is 19.2. The summed E-state index contributed by atoms with van der Waals surface area (Å²) in [6, 6.07) is 15.5. The standard InChI is InChI=1S/C20H18FN3O2S/c1-13-11-18(14-7-9-15(26-2)10-8-14)24-20(22-13)27-12-19(25)23-17-6-4-3-5-16(17)21/h3-11H,12H2,1-2H3,(H,23,25). The summed E-state index contributed by atoms with van der Waals surface area (Å²) in [4.78, 5) is 21.0. The van der Waals surface area contributed by atoms with E-state index in [1.54, 1.807) is 19.2 Å². The number of carbonyl (C=O) groups is 1. The number of methoxy groups -OCH3 is 1. The molecule has 3 aromatic rings. The third-order valence-corrected chi connectivity index (χ3v) is 4.55. The number of ether oxygens (including phenoxy) is 1. The first-order chi connectivity index (χ1) is 13.0. The Morgan fingerprint density at radius 1 is 1.15 bits per heavy atom. The third kappa shape index (κ3) is 5.04. The SMILES string of the molecule is COc1ccc(-c2cc(C)nc(SCC(=O)Nc3ccccc3F)n2)cc1. The number of benzene rings is 2. The Morgan fingerprint density at radius 2 is 1.89 bits per heavy atom. The number of thioether (sulfide) groups is 1. The lowest BCUT2D eigenvalue weighted by atomic mass is 10.1. The average Bonchev–Trinajstić information content (AvgIpc) is 2.68. The van der Waals surface area contributed by atoms with Crippen LogP contribution in [0.5, 0.6) is 5.75 Å². The van der Waals surface area contributed by atoms with Crippen LogP contribution >= 0.6 is 11.8 Å². The van der Waals surface area contributed by atoms with Crippen molar-refractivity contribution in [2.75, 3.05) is 18.2 Å². The van der Waals surface area contributed by atoms with Crippen molar-refractivity contribution in [3.63, 3.8) is 0 Å². The van der Waals surface area contributed by atoms with Gasteiger partial charge in [-0.15, -0.1) is 0 Å². The number of hydrogen-bond acceptors (Lipinski definition) is 5. The Labute approximate surface area is 161 Å². The summed E-state index contributed by atoms with van der Waals surface area (Å²) in [6.07, 6.45) is 0. The van der Waals surface area contributed by atoms with Crippen LogP contribution in [0.4, 0.5) is 10.1 Å². The van der Waals surface area contributed by atoms with E-state index in [0.717, 1.165) is 22.7 Å². The van der Waals surface area contributed by atoms with Crippen molar-refractivity contribution in [1.29, 1.82) is 0 Å². The fraction of sp³-hybridized carbons (Fsp3) is 0.150. The van der Waals surface area contributed by atoms with Gasteiger partial charge in [0.25, 0.3) is 0 Å². The van der Waals surface area contributed by atoms with Crippen LogP contribution in [-0.4, -0.2) is 28.7 Å². The van der Waals surface area contributed by atoms with Gasteiger partial charge in [-0.05, 0) is 49.4 Å². The Morgan fingerprint density at radius 3 is 2.59 bits per heavy atom. The van der Waals surface area contributed by atoms with Crippen LogP contribution in [0, 0.1) is 12.7 Å². The summed E-state index contributed by atoms with van der Waals surface area (Å²) in [7, 11) is 1.62.